The molecule has 2 unspecified atom stereocenters. The molecule has 8 rings (SSSR count). The number of nitrogens with one attached hydrogen (secondary N) is 1. The van der Waals surface area contributed by atoms with Crippen molar-refractivity contribution >= 4 is 27.5 Å². The Labute approximate surface area is 263 Å². The number of hydrogen-bond donors (Lipinski definition) is 2. The molecule has 0 amide bonds. The molecule has 2 N–H and O–H groups in total. The van der Waals surface area contributed by atoms with Crippen molar-refractivity contribution in [2.45, 2.75) is 50.4 Å². The first kappa shape index (κ1) is 29.3. The van der Waals surface area contributed by atoms with Crippen LogP contribution < -0.4 is 15.0 Å². The van der Waals surface area contributed by atoms with Crippen molar-refractivity contribution in [3.63, 3.8) is 0 Å². The number of benzene rings is 3. The van der Waals surface area contributed by atoms with Crippen molar-refractivity contribution in [2.24, 2.45) is 5.41 Å². The fraction of sp³-hybridized carbons (Fsp3) is 0.429. The van der Waals surface area contributed by atoms with E-state index in [1.54, 1.807) is 0 Å². The molecule has 1 aromatic heterocycles. The highest BCUT2D eigenvalue weighted by molar-refractivity contribution is 6.04. The Balaban J connectivity index is 1.25. The van der Waals surface area contributed by atoms with Crippen LogP contribution in [0.4, 0.5) is 23.4 Å². The summed E-state index contributed by atoms with van der Waals surface area (Å²) in [4.78, 5) is 13.4. The lowest BCUT2D eigenvalue weighted by atomic mass is 9.92. The smallest absolute Gasteiger partial charge is 0.319 e. The molecular formula is C35H33F4N5O2. The molecule has 4 aromatic rings. The number of terminal acetylenes is 1. The Morgan fingerprint density at radius 3 is 2.50 bits per heavy atom. The number of phenols is 1. The summed E-state index contributed by atoms with van der Waals surface area (Å²) in [6, 6.07) is 6.73. The molecule has 11 heteroatoms. The molecule has 4 heterocycles. The van der Waals surface area contributed by atoms with Crippen molar-refractivity contribution in [3.05, 3.63) is 53.3 Å². The lowest BCUT2D eigenvalue weighted by molar-refractivity contribution is 0.165. The van der Waals surface area contributed by atoms with E-state index in [4.69, 9.17) is 16.1 Å². The summed E-state index contributed by atoms with van der Waals surface area (Å²) in [5.41, 5.74) is -1.04. The zero-order chi connectivity index (χ0) is 31.7. The summed E-state index contributed by atoms with van der Waals surface area (Å²) in [7, 11) is 0. The van der Waals surface area contributed by atoms with Crippen molar-refractivity contribution < 1.29 is 27.4 Å². The molecule has 0 radical (unpaired) electrons. The summed E-state index contributed by atoms with van der Waals surface area (Å²) in [5, 5.41) is 14.7. The van der Waals surface area contributed by atoms with Crippen LogP contribution in [-0.4, -0.2) is 77.6 Å². The number of aromatic hydroxyl groups is 1. The van der Waals surface area contributed by atoms with Gasteiger partial charge in [0.1, 0.15) is 34.9 Å². The highest BCUT2D eigenvalue weighted by Gasteiger charge is 2.46. The van der Waals surface area contributed by atoms with Crippen LogP contribution in [0, 0.1) is 35.2 Å². The molecular weight excluding hydrogens is 598 g/mol. The van der Waals surface area contributed by atoms with Gasteiger partial charge >= 0.3 is 6.01 Å². The molecule has 46 heavy (non-hydrogen) atoms. The number of phenolic OH excluding ortho intramolecular Hbond substituents is 1. The van der Waals surface area contributed by atoms with Crippen LogP contribution in [-0.2, 0) is 0 Å². The third kappa shape index (κ3) is 5.08. The van der Waals surface area contributed by atoms with Gasteiger partial charge < -0.3 is 20.1 Å². The van der Waals surface area contributed by atoms with Crippen molar-refractivity contribution in [1.29, 1.82) is 0 Å². The van der Waals surface area contributed by atoms with Gasteiger partial charge in [0.2, 0.25) is 0 Å². The summed E-state index contributed by atoms with van der Waals surface area (Å²) in [6.07, 6.45) is 9.20. The number of anilines is 1. The first-order valence-electron chi connectivity index (χ1n) is 15.8. The number of likely N-dealkylation sites (tertiary alicyclic amines) is 1. The number of hydrogen-bond acceptors (Lipinski definition) is 7. The number of ether oxygens (including phenoxy) is 1. The molecule has 0 spiro atoms. The zero-order valence-corrected chi connectivity index (χ0v) is 25.1. The van der Waals surface area contributed by atoms with Gasteiger partial charge in [0.25, 0.3) is 0 Å². The summed E-state index contributed by atoms with van der Waals surface area (Å²) in [6.45, 7) is 3.33. The van der Waals surface area contributed by atoms with Crippen LogP contribution in [0.15, 0.2) is 30.3 Å². The second kappa shape index (κ2) is 11.0. The van der Waals surface area contributed by atoms with E-state index in [1.165, 1.54) is 24.3 Å². The average Bonchev–Trinajstić information content (AvgIpc) is 3.55. The minimum atomic E-state index is -0.993. The summed E-state index contributed by atoms with van der Waals surface area (Å²) in [5.74, 6) is -0.214. The second-order valence-corrected chi connectivity index (χ2v) is 13.4. The van der Waals surface area contributed by atoms with Gasteiger partial charge in [-0.2, -0.15) is 9.97 Å². The van der Waals surface area contributed by atoms with Gasteiger partial charge in [-0.25, -0.2) is 17.6 Å². The van der Waals surface area contributed by atoms with E-state index in [0.29, 0.717) is 50.3 Å². The van der Waals surface area contributed by atoms with Crippen LogP contribution in [0.25, 0.3) is 32.8 Å². The minimum absolute atomic E-state index is 0.0305. The number of nitrogens with zero attached hydrogens (tertiary/aromatic N) is 4. The summed E-state index contributed by atoms with van der Waals surface area (Å²) < 4.78 is 67.9. The fourth-order valence-corrected chi connectivity index (χ4v) is 7.59. The van der Waals surface area contributed by atoms with E-state index in [2.05, 4.69) is 21.1 Å². The molecule has 3 saturated heterocycles. The minimum Gasteiger partial charge on any atom is -0.508 e. The molecule has 4 aliphatic rings. The average molecular weight is 632 g/mol. The molecule has 1 aliphatic carbocycles. The van der Waals surface area contributed by atoms with Crippen LogP contribution in [0.2, 0.25) is 0 Å². The zero-order valence-electron chi connectivity index (χ0n) is 25.1. The molecule has 4 fully saturated rings. The van der Waals surface area contributed by atoms with E-state index in [0.717, 1.165) is 31.7 Å². The van der Waals surface area contributed by atoms with Crippen LogP contribution in [0.3, 0.4) is 0 Å². The third-order valence-electron chi connectivity index (χ3n) is 10.1. The standard InChI is InChI=1S/C35H33F4N5O2/c1-2-24-27(37)6-3-19-11-23(45)12-25(29(19)24)30-28(38)13-26-32(31(30)39)41-34(42-33(26)44-15-21-4-5-22(16-44)40-21)46-18-35(8-9-35)17-43-10-7-20(36)14-43/h1,3,6,11-13,20-22,40,45H,4-5,7-10,14-18H2/t20-,21?,22?/m1/s1. The largest absolute Gasteiger partial charge is 0.508 e. The van der Waals surface area contributed by atoms with Gasteiger partial charge in [0.05, 0.1) is 17.7 Å². The highest BCUT2D eigenvalue weighted by Crippen LogP contribution is 2.47. The fourth-order valence-electron chi connectivity index (χ4n) is 7.59. The lowest BCUT2D eigenvalue weighted by Gasteiger charge is -2.34. The van der Waals surface area contributed by atoms with E-state index in [1.807, 2.05) is 4.90 Å². The van der Waals surface area contributed by atoms with Crippen molar-refractivity contribution in [1.82, 2.24) is 20.2 Å². The van der Waals surface area contributed by atoms with Crippen LogP contribution in [0.5, 0.6) is 11.8 Å². The molecule has 3 atom stereocenters. The molecule has 1 saturated carbocycles. The number of alkyl halides is 1. The molecule has 7 nitrogen and oxygen atoms in total. The van der Waals surface area contributed by atoms with Crippen molar-refractivity contribution in [2.75, 3.05) is 44.2 Å². The first-order chi connectivity index (χ1) is 22.2. The number of rotatable bonds is 7. The number of piperazine rings is 1. The first-order valence-corrected chi connectivity index (χ1v) is 15.8. The second-order valence-electron chi connectivity index (χ2n) is 13.4. The summed E-state index contributed by atoms with van der Waals surface area (Å²) >= 11 is 0. The third-order valence-corrected chi connectivity index (χ3v) is 10.1. The van der Waals surface area contributed by atoms with Crippen molar-refractivity contribution in [3.8, 4) is 35.2 Å². The molecule has 2 bridgehead atoms. The number of aromatic nitrogens is 2. The Morgan fingerprint density at radius 1 is 1.02 bits per heavy atom. The predicted molar refractivity (Wildman–Crippen MR) is 167 cm³/mol. The topological polar surface area (TPSA) is 73.8 Å². The Morgan fingerprint density at radius 2 is 1.80 bits per heavy atom. The van der Waals surface area contributed by atoms with Crippen LogP contribution >= 0.6 is 0 Å². The van der Waals surface area contributed by atoms with Gasteiger partial charge in [-0.1, -0.05) is 12.0 Å². The quantitative estimate of drug-likeness (QED) is 0.200. The Kier molecular flexibility index (Phi) is 6.99. The number of halogens is 4. The predicted octanol–water partition coefficient (Wildman–Crippen LogP) is 5.70. The molecule has 238 valence electrons. The van der Waals surface area contributed by atoms with Gasteiger partial charge in [0.15, 0.2) is 5.82 Å². The van der Waals surface area contributed by atoms with E-state index in [9.17, 15) is 13.9 Å². The molecule has 3 aliphatic heterocycles. The monoisotopic (exact) mass is 631 g/mol. The maximum Gasteiger partial charge on any atom is 0.319 e. The van der Waals surface area contributed by atoms with Gasteiger partial charge in [-0.15, -0.1) is 6.42 Å². The number of fused-ring (bicyclic) bond motifs is 4. The van der Waals surface area contributed by atoms with Gasteiger partial charge in [-0.3, -0.25) is 4.90 Å². The lowest BCUT2D eigenvalue weighted by Crippen LogP contribution is -2.51. The van der Waals surface area contributed by atoms with Gasteiger partial charge in [0, 0.05) is 66.6 Å². The van der Waals surface area contributed by atoms with Crippen LogP contribution in [0.1, 0.15) is 37.7 Å². The molecule has 3 aromatic carbocycles. The highest BCUT2D eigenvalue weighted by atomic mass is 19.1. The Bertz CT molecular complexity index is 1910. The van der Waals surface area contributed by atoms with Gasteiger partial charge in [-0.05, 0) is 61.8 Å². The SMILES string of the molecule is C#Cc1c(F)ccc2cc(O)cc(-c3c(F)cc4c(N5CC6CCC(C5)N6)nc(OCC5(CN6CC[C@@H](F)C6)CC5)nc4c3F)c12. The maximum atomic E-state index is 16.8. The Hall–Kier alpha value is -4.14. The van der Waals surface area contributed by atoms with E-state index >= 15 is 8.78 Å². The maximum absolute atomic E-state index is 16.8. The van der Waals surface area contributed by atoms with E-state index < -0.39 is 29.2 Å². The normalized spacial score (nSPS) is 23.7. The van der Waals surface area contributed by atoms with E-state index in [-0.39, 0.29) is 63.3 Å².